The van der Waals surface area contributed by atoms with Gasteiger partial charge in [0.2, 0.25) is 6.79 Å². The van der Waals surface area contributed by atoms with Crippen LogP contribution in [-0.2, 0) is 6.61 Å². The Bertz CT molecular complexity index is 7140. The lowest BCUT2D eigenvalue weighted by Gasteiger charge is -2.01. The van der Waals surface area contributed by atoms with E-state index in [2.05, 4.69) is 61.2 Å². The van der Waals surface area contributed by atoms with Crippen molar-refractivity contribution in [3.8, 4) is 79.0 Å². The van der Waals surface area contributed by atoms with Gasteiger partial charge in [-0.2, -0.15) is 30.6 Å². The number of halogens is 7. The molecule has 138 heavy (non-hydrogen) atoms. The van der Waals surface area contributed by atoms with Crippen molar-refractivity contribution >= 4 is 106 Å². The van der Waals surface area contributed by atoms with Crippen LogP contribution in [0.1, 0.15) is 102 Å². The summed E-state index contributed by atoms with van der Waals surface area (Å²) < 4.78 is 63.8. The third kappa shape index (κ3) is 27.8. The van der Waals surface area contributed by atoms with Crippen LogP contribution in [0.4, 0.5) is 17.6 Å². The second kappa shape index (κ2) is 48.3. The molecule has 7 N–H and O–H groups in total. The van der Waals surface area contributed by atoms with Crippen LogP contribution in [0.2, 0.25) is 15.1 Å². The third-order valence-electron chi connectivity index (χ3n) is 20.3. The molecule has 28 heteroatoms. The molecule has 7 heterocycles. The molecular formula is C110H79Cl3F4N12O9. The predicted octanol–water partition coefficient (Wildman–Crippen LogP) is 25.6. The number of ether oxygens (including phenoxy) is 2. The molecule has 682 valence electrons. The highest BCUT2D eigenvalue weighted by atomic mass is 35.5. The molecule has 0 bridgehead atoms. The number of H-pyrrole nitrogens is 6. The number of carbonyl (C=O) groups is 6. The SMILES string of the molecule is O=C(/C=C/c1cc(-c2ccc(CO)cc2F)n[nH]1)c1ccccc1.O=C(/C=C/c1cc(-c2ccc(Cl)c(Cl)c2)n[nH]1)c1ccccc1.O=C(/C=C/c1cc(-c2ccc(Cl)cc2)n[nH]1)c1ccccc1.O=C(/C=C/c1cc(-c2ccc(F)c(F)c2)n[nH]1)c1ccccc1.O=C(/C=C/c1cc(-c2ccc(F)cc2)n[nH]1)c1ccccc1.O=C(/C=C/c1cc(-c2ccc3c(c2)OCO3)n[nH]1)c1ccccc1. The topological polar surface area (TPSA) is 313 Å². The first-order valence-corrected chi connectivity index (χ1v) is 43.5. The number of ketones is 6. The molecule has 0 spiro atoms. The number of hydrogen-bond acceptors (Lipinski definition) is 15. The van der Waals surface area contributed by atoms with Crippen LogP contribution >= 0.6 is 34.8 Å². The van der Waals surface area contributed by atoms with E-state index < -0.39 is 17.5 Å². The summed E-state index contributed by atoms with van der Waals surface area (Å²) >= 11 is 17.8. The number of nitrogens with zero attached hydrogens (tertiary/aromatic N) is 6. The predicted molar refractivity (Wildman–Crippen MR) is 530 cm³/mol. The van der Waals surface area contributed by atoms with Gasteiger partial charge in [-0.25, -0.2) is 17.6 Å². The number of carbonyl (C=O) groups excluding carboxylic acids is 6. The molecular weight excluding hydrogens is 1820 g/mol. The number of aliphatic hydroxyl groups excluding tert-OH is 1. The van der Waals surface area contributed by atoms with Gasteiger partial charge in [-0.05, 0) is 212 Å². The molecule has 0 saturated carbocycles. The lowest BCUT2D eigenvalue weighted by molar-refractivity contribution is 0.103. The van der Waals surface area contributed by atoms with Crippen molar-refractivity contribution in [3.63, 3.8) is 0 Å². The van der Waals surface area contributed by atoms with Crippen LogP contribution in [-0.4, -0.2) is 108 Å². The van der Waals surface area contributed by atoms with Crippen LogP contribution < -0.4 is 9.47 Å². The van der Waals surface area contributed by atoms with E-state index in [0.29, 0.717) is 105 Å². The number of fused-ring (bicyclic) bond motifs is 1. The van der Waals surface area contributed by atoms with Crippen LogP contribution in [0.3, 0.4) is 0 Å². The lowest BCUT2D eigenvalue weighted by Crippen LogP contribution is -1.92. The summed E-state index contributed by atoms with van der Waals surface area (Å²) in [7, 11) is 0. The summed E-state index contributed by atoms with van der Waals surface area (Å²) in [5.74, 6) is -1.58. The van der Waals surface area contributed by atoms with Gasteiger partial charge in [0.05, 0.1) is 85.0 Å². The number of aromatic nitrogens is 12. The molecule has 6 aromatic heterocycles. The second-order valence-electron chi connectivity index (χ2n) is 29.9. The summed E-state index contributed by atoms with van der Waals surface area (Å²) in [5, 5.41) is 52.7. The normalized spacial score (nSPS) is 11.3. The highest BCUT2D eigenvalue weighted by Crippen LogP contribution is 2.36. The average Bonchev–Trinajstić information content (AvgIpc) is 1.52. The number of nitrogens with one attached hydrogen (secondary N) is 6. The largest absolute Gasteiger partial charge is 0.454 e. The molecule has 0 unspecified atom stereocenters. The molecule has 0 radical (unpaired) electrons. The van der Waals surface area contributed by atoms with Crippen LogP contribution in [0.15, 0.2) is 376 Å². The van der Waals surface area contributed by atoms with E-state index in [1.165, 1.54) is 60.7 Å². The molecule has 21 nitrogen and oxygen atoms in total. The van der Waals surface area contributed by atoms with Crippen LogP contribution in [0.5, 0.6) is 11.5 Å². The minimum atomic E-state index is -0.929. The minimum Gasteiger partial charge on any atom is -0.454 e. The summed E-state index contributed by atoms with van der Waals surface area (Å²) in [6.07, 6.45) is 19.0. The number of rotatable bonds is 25. The number of allylic oxidation sites excluding steroid dienone is 6. The van der Waals surface area contributed by atoms with Gasteiger partial charge < -0.3 is 14.6 Å². The standard InChI is InChI=1S/C19H15FN2O2.C19H14N2O3.C18H12Cl2N2O.C18H13ClN2O.C18H12F2N2O.C18H13FN2O/c20-17-10-13(12-23)6-8-16(17)18-11-15(21-22-18)7-9-19(24)14-4-2-1-3-5-14;22-17(13-4-2-1-3-5-13)8-7-15-11-16(21-20-15)14-6-9-18-19(10-14)24-12-23-18;19-15-8-6-13(10-16(15)20)17-11-14(21-22-17)7-9-18(23)12-4-2-1-3-5-12;19-15-8-6-13(7-9-15)17-12-16(20-21-17)10-11-18(22)14-4-2-1-3-5-14;19-15-8-6-13(10-16(15)20)17-11-14(21-22-17)7-9-18(23)12-4-2-1-3-5-12;19-15-8-6-13(7-9-15)17-12-16(20-21-17)10-11-18(22)14-4-2-1-3-5-14/h1-11,23H,12H2,(H,21,22);1-11H,12H2,(H,20,21);1-11H,(H,21,22);1-12H,(H,20,21);1-11H,(H,21,22);1-12H,(H,20,21)/b9-7+;8-7+;9-7+;11-10+;9-7+;11-10+. The van der Waals surface area contributed by atoms with Crippen molar-refractivity contribution in [2.24, 2.45) is 0 Å². The van der Waals surface area contributed by atoms with Gasteiger partial charge in [0, 0.05) is 71.8 Å². The first-order chi connectivity index (χ1) is 67.2. The fourth-order valence-corrected chi connectivity index (χ4v) is 13.5. The Morgan fingerprint density at radius 2 is 0.580 bits per heavy atom. The quantitative estimate of drug-likeness (QED) is 0.0159. The Hall–Kier alpha value is -17.5. The van der Waals surface area contributed by atoms with E-state index in [0.717, 1.165) is 74.3 Å². The molecule has 1 aliphatic rings. The molecule has 0 atom stereocenters. The van der Waals surface area contributed by atoms with Crippen molar-refractivity contribution in [2.45, 2.75) is 6.61 Å². The zero-order valence-electron chi connectivity index (χ0n) is 72.7. The maximum absolute atomic E-state index is 14.0. The van der Waals surface area contributed by atoms with Gasteiger partial charge >= 0.3 is 0 Å². The Balaban J connectivity index is 0.000000132. The highest BCUT2D eigenvalue weighted by Gasteiger charge is 2.18. The molecule has 0 saturated heterocycles. The van der Waals surface area contributed by atoms with E-state index in [9.17, 15) is 46.3 Å². The van der Waals surface area contributed by atoms with E-state index in [-0.39, 0.29) is 53.9 Å². The second-order valence-corrected chi connectivity index (χ2v) is 31.2. The first kappa shape index (κ1) is 96.6. The molecule has 12 aromatic carbocycles. The van der Waals surface area contributed by atoms with E-state index in [1.807, 2.05) is 158 Å². The van der Waals surface area contributed by atoms with Crippen molar-refractivity contribution in [1.82, 2.24) is 61.2 Å². The van der Waals surface area contributed by atoms with E-state index in [1.54, 1.807) is 182 Å². The van der Waals surface area contributed by atoms with Gasteiger partial charge in [-0.1, -0.05) is 241 Å². The molecule has 0 amide bonds. The Kier molecular flexibility index (Phi) is 33.8. The van der Waals surface area contributed by atoms with E-state index in [4.69, 9.17) is 49.4 Å². The first-order valence-electron chi connectivity index (χ1n) is 42.4. The lowest BCUT2D eigenvalue weighted by atomic mass is 10.1. The Morgan fingerprint density at radius 3 is 0.920 bits per heavy atom. The Labute approximate surface area is 803 Å². The maximum Gasteiger partial charge on any atom is 0.231 e. The van der Waals surface area contributed by atoms with Crippen LogP contribution in [0, 0.1) is 23.3 Å². The summed E-state index contributed by atoms with van der Waals surface area (Å²) in [6.45, 7) is 0.0300. The summed E-state index contributed by atoms with van der Waals surface area (Å²) in [6, 6.07) is 97.6. The zero-order valence-corrected chi connectivity index (χ0v) is 75.0. The third-order valence-corrected chi connectivity index (χ3v) is 21.3. The van der Waals surface area contributed by atoms with Gasteiger partial charge in [0.15, 0.2) is 57.8 Å². The molecule has 0 fully saturated rings. The van der Waals surface area contributed by atoms with Crippen molar-refractivity contribution < 1.29 is 60.9 Å². The fourth-order valence-electron chi connectivity index (χ4n) is 13.1. The molecule has 0 aliphatic carbocycles. The van der Waals surface area contributed by atoms with Crippen molar-refractivity contribution in [3.05, 3.63) is 488 Å². The zero-order chi connectivity index (χ0) is 96.5. The van der Waals surface area contributed by atoms with Crippen LogP contribution in [0.25, 0.3) is 104 Å². The smallest absolute Gasteiger partial charge is 0.231 e. The van der Waals surface area contributed by atoms with Crippen molar-refractivity contribution in [1.29, 1.82) is 0 Å². The van der Waals surface area contributed by atoms with Gasteiger partial charge in [0.1, 0.15) is 11.6 Å². The minimum absolute atomic E-state index is 0.0387. The summed E-state index contributed by atoms with van der Waals surface area (Å²) in [4.78, 5) is 72.0. The highest BCUT2D eigenvalue weighted by molar-refractivity contribution is 6.42. The van der Waals surface area contributed by atoms with E-state index >= 15 is 0 Å². The number of hydrogen-bond donors (Lipinski definition) is 7. The van der Waals surface area contributed by atoms with Crippen molar-refractivity contribution in [2.75, 3.05) is 6.79 Å². The number of aliphatic hydroxyl groups is 1. The molecule has 1 aliphatic heterocycles. The number of benzene rings is 12. The molecule has 19 rings (SSSR count). The summed E-state index contributed by atoms with van der Waals surface area (Å²) in [5.41, 5.74) is 16.7. The van der Waals surface area contributed by atoms with Gasteiger partial charge in [0.25, 0.3) is 0 Å². The average molecular weight is 1900 g/mol. The fraction of sp³-hybridized carbons (Fsp3) is 0.0182. The molecule has 18 aromatic rings. The maximum atomic E-state index is 14.0. The van der Waals surface area contributed by atoms with Gasteiger partial charge in [-0.3, -0.25) is 59.4 Å². The Morgan fingerprint density at radius 1 is 0.283 bits per heavy atom. The number of aromatic amines is 6. The monoisotopic (exact) mass is 1890 g/mol. The van der Waals surface area contributed by atoms with Gasteiger partial charge in [-0.15, -0.1) is 0 Å².